The number of ether oxygens (including phenoxy) is 1. The molecule has 0 aliphatic rings. The summed E-state index contributed by atoms with van der Waals surface area (Å²) in [7, 11) is 1.66. The Kier molecular flexibility index (Phi) is 3.05. The molecule has 0 bridgehead atoms. The van der Waals surface area contributed by atoms with Crippen molar-refractivity contribution in [2.24, 2.45) is 0 Å². The summed E-state index contributed by atoms with van der Waals surface area (Å²) in [6.07, 6.45) is 1.79. The van der Waals surface area contributed by atoms with E-state index >= 15 is 0 Å². The van der Waals surface area contributed by atoms with Gasteiger partial charge in [0.1, 0.15) is 5.75 Å². The van der Waals surface area contributed by atoms with Crippen molar-refractivity contribution in [3.8, 4) is 5.75 Å². The second kappa shape index (κ2) is 4.66. The molecule has 0 fully saturated rings. The van der Waals surface area contributed by atoms with Gasteiger partial charge in [0.15, 0.2) is 0 Å². The molecule has 16 heavy (non-hydrogen) atoms. The van der Waals surface area contributed by atoms with Crippen LogP contribution in [-0.4, -0.2) is 12.1 Å². The minimum absolute atomic E-state index is 0.858. The van der Waals surface area contributed by atoms with E-state index in [-0.39, 0.29) is 0 Å². The molecule has 82 valence electrons. The molecule has 1 heterocycles. The number of anilines is 2. The van der Waals surface area contributed by atoms with Crippen molar-refractivity contribution in [2.75, 3.05) is 12.4 Å². The van der Waals surface area contributed by atoms with Crippen LogP contribution in [0.5, 0.6) is 5.75 Å². The number of aryl methyl sites for hydroxylation is 1. The smallest absolute Gasteiger partial charge is 0.119 e. The minimum atomic E-state index is 0.858. The Bertz CT molecular complexity index is 466. The summed E-state index contributed by atoms with van der Waals surface area (Å²) in [5.41, 5.74) is 3.07. The van der Waals surface area contributed by atoms with Gasteiger partial charge in [0.2, 0.25) is 0 Å². The highest BCUT2D eigenvalue weighted by Crippen LogP contribution is 2.19. The van der Waals surface area contributed by atoms with Crippen molar-refractivity contribution >= 4 is 11.4 Å². The van der Waals surface area contributed by atoms with Gasteiger partial charge in [-0.15, -0.1) is 0 Å². The lowest BCUT2D eigenvalue weighted by atomic mass is 10.2. The molecule has 0 spiro atoms. The van der Waals surface area contributed by atoms with Crippen LogP contribution in [0.15, 0.2) is 42.6 Å². The molecular formula is C13H14N2O. The summed E-state index contributed by atoms with van der Waals surface area (Å²) in [4.78, 5) is 4.15. The summed E-state index contributed by atoms with van der Waals surface area (Å²) < 4.78 is 5.10. The van der Waals surface area contributed by atoms with E-state index in [1.165, 1.54) is 0 Å². The molecule has 0 radical (unpaired) electrons. The maximum Gasteiger partial charge on any atom is 0.119 e. The van der Waals surface area contributed by atoms with Crippen LogP contribution in [0.4, 0.5) is 11.4 Å². The fourth-order valence-electron chi connectivity index (χ4n) is 1.46. The van der Waals surface area contributed by atoms with E-state index in [2.05, 4.69) is 10.3 Å². The summed E-state index contributed by atoms with van der Waals surface area (Å²) in [6, 6.07) is 11.8. The highest BCUT2D eigenvalue weighted by atomic mass is 16.5. The Labute approximate surface area is 95.1 Å². The molecule has 1 aromatic heterocycles. The summed E-state index contributed by atoms with van der Waals surface area (Å²) in [5.74, 6) is 0.858. The Morgan fingerprint density at radius 3 is 2.44 bits per heavy atom. The third kappa shape index (κ3) is 2.51. The first kappa shape index (κ1) is 10.5. The fourth-order valence-corrected chi connectivity index (χ4v) is 1.46. The first-order valence-corrected chi connectivity index (χ1v) is 5.11. The average molecular weight is 214 g/mol. The van der Waals surface area contributed by atoms with Crippen LogP contribution in [0.2, 0.25) is 0 Å². The highest BCUT2D eigenvalue weighted by molar-refractivity contribution is 5.60. The van der Waals surface area contributed by atoms with E-state index < -0.39 is 0 Å². The number of benzene rings is 1. The van der Waals surface area contributed by atoms with Crippen LogP contribution in [0.3, 0.4) is 0 Å². The van der Waals surface area contributed by atoms with Crippen molar-refractivity contribution in [3.63, 3.8) is 0 Å². The fraction of sp³-hybridized carbons (Fsp3) is 0.154. The molecule has 2 aromatic rings. The van der Waals surface area contributed by atoms with E-state index in [1.54, 1.807) is 13.3 Å². The predicted octanol–water partition coefficient (Wildman–Crippen LogP) is 3.14. The molecule has 3 nitrogen and oxygen atoms in total. The first-order valence-electron chi connectivity index (χ1n) is 5.11. The van der Waals surface area contributed by atoms with Gasteiger partial charge in [-0.2, -0.15) is 0 Å². The van der Waals surface area contributed by atoms with Crippen LogP contribution in [0, 0.1) is 6.92 Å². The minimum Gasteiger partial charge on any atom is -0.497 e. The number of pyridine rings is 1. The van der Waals surface area contributed by atoms with Crippen molar-refractivity contribution in [1.29, 1.82) is 0 Å². The Morgan fingerprint density at radius 2 is 1.81 bits per heavy atom. The van der Waals surface area contributed by atoms with Gasteiger partial charge in [-0.25, -0.2) is 0 Å². The van der Waals surface area contributed by atoms with Crippen LogP contribution < -0.4 is 10.1 Å². The van der Waals surface area contributed by atoms with Gasteiger partial charge in [-0.05, 0) is 43.3 Å². The van der Waals surface area contributed by atoms with Gasteiger partial charge in [0.05, 0.1) is 7.11 Å². The molecule has 0 saturated carbocycles. The third-order valence-electron chi connectivity index (χ3n) is 2.28. The largest absolute Gasteiger partial charge is 0.497 e. The van der Waals surface area contributed by atoms with Gasteiger partial charge in [0, 0.05) is 23.3 Å². The SMILES string of the molecule is COc1ccc(Nc2ccnc(C)c2)cc1. The van der Waals surface area contributed by atoms with Gasteiger partial charge in [0.25, 0.3) is 0 Å². The van der Waals surface area contributed by atoms with Crippen LogP contribution in [0.25, 0.3) is 0 Å². The molecule has 0 saturated heterocycles. The van der Waals surface area contributed by atoms with Gasteiger partial charge in [-0.3, -0.25) is 4.98 Å². The molecule has 0 unspecified atom stereocenters. The van der Waals surface area contributed by atoms with Crippen LogP contribution in [0.1, 0.15) is 5.69 Å². The Hall–Kier alpha value is -2.03. The lowest BCUT2D eigenvalue weighted by Gasteiger charge is -2.07. The van der Waals surface area contributed by atoms with Crippen LogP contribution in [-0.2, 0) is 0 Å². The Balaban J connectivity index is 2.14. The maximum atomic E-state index is 5.10. The zero-order valence-corrected chi connectivity index (χ0v) is 9.40. The van der Waals surface area contributed by atoms with Crippen LogP contribution >= 0.6 is 0 Å². The standard InChI is InChI=1S/C13H14N2O/c1-10-9-12(7-8-14-10)15-11-3-5-13(16-2)6-4-11/h3-9H,1-2H3,(H,14,15). The quantitative estimate of drug-likeness (QED) is 0.852. The first-order chi connectivity index (χ1) is 7.78. The summed E-state index contributed by atoms with van der Waals surface area (Å²) in [5, 5.41) is 3.30. The molecule has 2 rings (SSSR count). The molecule has 1 N–H and O–H groups in total. The van der Waals surface area contributed by atoms with Crippen molar-refractivity contribution in [3.05, 3.63) is 48.3 Å². The number of nitrogens with zero attached hydrogens (tertiary/aromatic N) is 1. The average Bonchev–Trinajstić information content (AvgIpc) is 2.30. The lowest BCUT2D eigenvalue weighted by molar-refractivity contribution is 0.415. The number of rotatable bonds is 3. The summed E-state index contributed by atoms with van der Waals surface area (Å²) in [6.45, 7) is 1.97. The maximum absolute atomic E-state index is 5.10. The van der Waals surface area contributed by atoms with E-state index in [4.69, 9.17) is 4.74 Å². The van der Waals surface area contributed by atoms with E-state index in [0.717, 1.165) is 22.8 Å². The highest BCUT2D eigenvalue weighted by Gasteiger charge is 1.96. The van der Waals surface area contributed by atoms with E-state index in [1.807, 2.05) is 43.3 Å². The third-order valence-corrected chi connectivity index (χ3v) is 2.28. The molecule has 0 amide bonds. The number of methoxy groups -OCH3 is 1. The number of hydrogen-bond acceptors (Lipinski definition) is 3. The zero-order chi connectivity index (χ0) is 11.4. The number of aromatic nitrogens is 1. The van der Waals surface area contributed by atoms with Gasteiger partial charge < -0.3 is 10.1 Å². The van der Waals surface area contributed by atoms with Gasteiger partial charge in [-0.1, -0.05) is 0 Å². The van der Waals surface area contributed by atoms with Crippen molar-refractivity contribution < 1.29 is 4.74 Å². The second-order valence-corrected chi connectivity index (χ2v) is 3.54. The van der Waals surface area contributed by atoms with Crippen molar-refractivity contribution in [2.45, 2.75) is 6.92 Å². The predicted molar refractivity (Wildman–Crippen MR) is 65.3 cm³/mol. The number of hydrogen-bond donors (Lipinski definition) is 1. The molecule has 0 aliphatic heterocycles. The topological polar surface area (TPSA) is 34.1 Å². The summed E-state index contributed by atoms with van der Waals surface area (Å²) >= 11 is 0. The molecule has 0 aliphatic carbocycles. The Morgan fingerprint density at radius 1 is 1.06 bits per heavy atom. The van der Waals surface area contributed by atoms with E-state index in [0.29, 0.717) is 0 Å². The molecule has 0 atom stereocenters. The molecular weight excluding hydrogens is 200 g/mol. The normalized spacial score (nSPS) is 9.88. The monoisotopic (exact) mass is 214 g/mol. The zero-order valence-electron chi connectivity index (χ0n) is 9.40. The van der Waals surface area contributed by atoms with Gasteiger partial charge >= 0.3 is 0 Å². The molecule has 1 aromatic carbocycles. The van der Waals surface area contributed by atoms with Crippen molar-refractivity contribution in [1.82, 2.24) is 4.98 Å². The number of nitrogens with one attached hydrogen (secondary N) is 1. The molecule has 3 heteroatoms. The van der Waals surface area contributed by atoms with E-state index in [9.17, 15) is 0 Å². The lowest BCUT2D eigenvalue weighted by Crippen LogP contribution is -1.91. The second-order valence-electron chi connectivity index (χ2n) is 3.54.